The molecule has 0 saturated carbocycles. The summed E-state index contributed by atoms with van der Waals surface area (Å²) in [6, 6.07) is 13.5. The van der Waals surface area contributed by atoms with Gasteiger partial charge < -0.3 is 10.1 Å². The highest BCUT2D eigenvalue weighted by molar-refractivity contribution is 5.84. The first kappa shape index (κ1) is 21.4. The van der Waals surface area contributed by atoms with Crippen LogP contribution in [0.2, 0.25) is 0 Å². The molecule has 0 aliphatic rings. The molecule has 0 radical (unpaired) electrons. The molecule has 0 spiro atoms. The number of aryl methyl sites for hydroxylation is 2. The Morgan fingerprint density at radius 3 is 2.56 bits per heavy atom. The van der Waals surface area contributed by atoms with Crippen molar-refractivity contribution in [3.05, 3.63) is 91.8 Å². The molecule has 2 aromatic heterocycles. The Morgan fingerprint density at radius 1 is 1.12 bits per heavy atom. The van der Waals surface area contributed by atoms with Crippen LogP contribution in [0.15, 0.2) is 63.2 Å². The van der Waals surface area contributed by atoms with E-state index in [9.17, 15) is 14.7 Å². The van der Waals surface area contributed by atoms with Gasteiger partial charge in [0.05, 0.1) is 11.7 Å². The first-order chi connectivity index (χ1) is 15.4. The van der Waals surface area contributed by atoms with E-state index in [2.05, 4.69) is 21.0 Å². The largest absolute Gasteiger partial charge is 0.493 e. The van der Waals surface area contributed by atoms with Crippen molar-refractivity contribution in [1.82, 2.24) is 14.5 Å². The zero-order valence-electron chi connectivity index (χ0n) is 18.3. The summed E-state index contributed by atoms with van der Waals surface area (Å²) in [7, 11) is 0. The zero-order valence-corrected chi connectivity index (χ0v) is 18.3. The molecule has 0 bridgehead atoms. The molecule has 7 nitrogen and oxygen atoms in total. The summed E-state index contributed by atoms with van der Waals surface area (Å²) < 4.78 is 1.10. The molecule has 7 heteroatoms. The van der Waals surface area contributed by atoms with Crippen LogP contribution in [0.3, 0.4) is 0 Å². The molecule has 2 heterocycles. The predicted octanol–water partition coefficient (Wildman–Crippen LogP) is 3.77. The minimum atomic E-state index is -0.694. The van der Waals surface area contributed by atoms with Gasteiger partial charge in [-0.1, -0.05) is 31.2 Å². The number of benzene rings is 2. The summed E-state index contributed by atoms with van der Waals surface area (Å²) in [4.78, 5) is 35.1. The maximum absolute atomic E-state index is 12.5. The second-order valence-corrected chi connectivity index (χ2v) is 8.08. The smallest absolute Gasteiger partial charge is 0.335 e. The van der Waals surface area contributed by atoms with Crippen LogP contribution in [-0.2, 0) is 6.42 Å². The Hall–Kier alpha value is -3.87. The Balaban J connectivity index is 1.70. The molecule has 164 valence electrons. The van der Waals surface area contributed by atoms with Crippen LogP contribution in [0.4, 0.5) is 0 Å². The molecule has 0 aliphatic heterocycles. The number of H-pyrrole nitrogens is 2. The number of aromatic nitrogens is 3. The van der Waals surface area contributed by atoms with Crippen LogP contribution >= 0.6 is 0 Å². The minimum Gasteiger partial charge on any atom is -0.493 e. The van der Waals surface area contributed by atoms with E-state index < -0.39 is 17.1 Å². The summed E-state index contributed by atoms with van der Waals surface area (Å²) in [5.74, 6) is -0.422. The highest BCUT2D eigenvalue weighted by Gasteiger charge is 2.16. The van der Waals surface area contributed by atoms with Crippen LogP contribution < -0.4 is 11.2 Å². The normalized spacial score (nSPS) is 12.6. The molecule has 0 saturated heterocycles. The van der Waals surface area contributed by atoms with E-state index in [4.69, 9.17) is 0 Å². The van der Waals surface area contributed by atoms with Gasteiger partial charge in [0.15, 0.2) is 0 Å². The van der Waals surface area contributed by atoms with Crippen molar-refractivity contribution in [3.63, 3.8) is 0 Å². The average molecular weight is 431 g/mol. The summed E-state index contributed by atoms with van der Waals surface area (Å²) in [6.07, 6.45) is 4.79. The highest BCUT2D eigenvalue weighted by Crippen LogP contribution is 2.21. The van der Waals surface area contributed by atoms with Gasteiger partial charge in [-0.15, -0.1) is 0 Å². The quantitative estimate of drug-likeness (QED) is 0.406. The van der Waals surface area contributed by atoms with Gasteiger partial charge in [-0.05, 0) is 61.6 Å². The molecule has 1 unspecified atom stereocenters. The number of para-hydroxylation sites is 1. The Kier molecular flexibility index (Phi) is 5.81. The molecule has 3 N–H and O–H groups in total. The molecule has 32 heavy (non-hydrogen) atoms. The van der Waals surface area contributed by atoms with Gasteiger partial charge >= 0.3 is 5.69 Å². The van der Waals surface area contributed by atoms with Gasteiger partial charge in [-0.2, -0.15) is 0 Å². The maximum Gasteiger partial charge on any atom is 0.335 e. The Labute approximate surface area is 185 Å². The van der Waals surface area contributed by atoms with Crippen molar-refractivity contribution in [1.29, 1.82) is 0 Å². The molecule has 4 aromatic rings. The first-order valence-electron chi connectivity index (χ1n) is 10.6. The molecule has 1 atom stereocenters. The van der Waals surface area contributed by atoms with Crippen LogP contribution in [0.1, 0.15) is 35.6 Å². The number of nitrogens with one attached hydrogen (secondary N) is 2. The van der Waals surface area contributed by atoms with Crippen molar-refractivity contribution < 1.29 is 5.11 Å². The van der Waals surface area contributed by atoms with Crippen LogP contribution in [0.5, 0.6) is 5.88 Å². The number of aromatic hydroxyl groups is 1. The SMILES string of the molecule is CCC(Cc1c[nH]c2ccccc12)N=Cc1c(O)n(-c2cc(C)cc(C)c2)c(=O)[nH]c1=O. The van der Waals surface area contributed by atoms with E-state index in [1.165, 1.54) is 6.21 Å². The number of fused-ring (bicyclic) bond motifs is 1. The number of aromatic amines is 2. The van der Waals surface area contributed by atoms with Gasteiger partial charge in [-0.25, -0.2) is 9.36 Å². The van der Waals surface area contributed by atoms with Crippen molar-refractivity contribution in [2.45, 2.75) is 39.7 Å². The number of rotatable bonds is 6. The fraction of sp³-hybridized carbons (Fsp3) is 0.240. The predicted molar refractivity (Wildman–Crippen MR) is 127 cm³/mol. The third-order valence-corrected chi connectivity index (χ3v) is 5.60. The van der Waals surface area contributed by atoms with Crippen molar-refractivity contribution in [3.8, 4) is 11.6 Å². The number of nitrogens with zero attached hydrogens (tertiary/aromatic N) is 2. The van der Waals surface area contributed by atoms with E-state index in [-0.39, 0.29) is 11.6 Å². The maximum atomic E-state index is 12.5. The fourth-order valence-electron chi connectivity index (χ4n) is 4.01. The Morgan fingerprint density at radius 2 is 1.84 bits per heavy atom. The summed E-state index contributed by atoms with van der Waals surface area (Å²) in [6.45, 7) is 5.84. The lowest BCUT2D eigenvalue weighted by Crippen LogP contribution is -2.31. The number of hydrogen-bond donors (Lipinski definition) is 3. The molecule has 4 rings (SSSR count). The minimum absolute atomic E-state index is 0.0406. The summed E-state index contributed by atoms with van der Waals surface area (Å²) in [5, 5.41) is 12.0. The van der Waals surface area contributed by atoms with Gasteiger partial charge in [0.25, 0.3) is 5.56 Å². The average Bonchev–Trinajstić information content (AvgIpc) is 3.14. The van der Waals surface area contributed by atoms with Gasteiger partial charge in [0.2, 0.25) is 5.88 Å². The molecule has 0 fully saturated rings. The topological polar surface area (TPSA) is 103 Å². The second-order valence-electron chi connectivity index (χ2n) is 8.08. The van der Waals surface area contributed by atoms with Crippen molar-refractivity contribution >= 4 is 17.1 Å². The lowest BCUT2D eigenvalue weighted by molar-refractivity contribution is 0.430. The lowest BCUT2D eigenvalue weighted by atomic mass is 10.0. The Bertz CT molecular complexity index is 1410. The summed E-state index contributed by atoms with van der Waals surface area (Å²) >= 11 is 0. The van der Waals surface area contributed by atoms with Gasteiger partial charge in [0, 0.05) is 23.3 Å². The molecule has 0 aliphatic carbocycles. The van der Waals surface area contributed by atoms with E-state index in [0.717, 1.165) is 38.6 Å². The molecule has 0 amide bonds. The molecular formula is C25H26N4O3. The summed E-state index contributed by atoms with van der Waals surface area (Å²) in [5.41, 5.74) is 3.18. The van der Waals surface area contributed by atoms with Gasteiger partial charge in [0.1, 0.15) is 5.56 Å². The van der Waals surface area contributed by atoms with E-state index in [0.29, 0.717) is 12.1 Å². The number of hydrogen-bond acceptors (Lipinski definition) is 4. The monoisotopic (exact) mass is 430 g/mol. The third-order valence-electron chi connectivity index (χ3n) is 5.60. The van der Waals surface area contributed by atoms with Crippen molar-refractivity contribution in [2.24, 2.45) is 4.99 Å². The van der Waals surface area contributed by atoms with Crippen LogP contribution in [0, 0.1) is 13.8 Å². The van der Waals surface area contributed by atoms with Crippen LogP contribution in [-0.4, -0.2) is 31.9 Å². The standard InChI is InChI=1S/C25H26N4O3/c1-4-18(12-17-13-27-22-8-6-5-7-20(17)22)26-14-21-23(30)28-25(32)29(24(21)31)19-10-15(2)9-16(3)11-19/h5-11,13-14,18,27,31H,4,12H2,1-3H3,(H,28,30,32). The van der Waals surface area contributed by atoms with E-state index in [1.54, 1.807) is 12.1 Å². The van der Waals surface area contributed by atoms with Gasteiger partial charge in [-0.3, -0.25) is 14.8 Å². The fourth-order valence-corrected chi connectivity index (χ4v) is 4.01. The third kappa shape index (κ3) is 4.14. The lowest BCUT2D eigenvalue weighted by Gasteiger charge is -2.12. The zero-order chi connectivity index (χ0) is 22.8. The van der Waals surface area contributed by atoms with E-state index in [1.807, 2.05) is 51.2 Å². The van der Waals surface area contributed by atoms with E-state index >= 15 is 0 Å². The number of aliphatic imine (C=N–C) groups is 1. The molecular weight excluding hydrogens is 404 g/mol. The first-order valence-corrected chi connectivity index (χ1v) is 10.6. The second kappa shape index (κ2) is 8.70. The van der Waals surface area contributed by atoms with Crippen LogP contribution in [0.25, 0.3) is 16.6 Å². The highest BCUT2D eigenvalue weighted by atomic mass is 16.3. The molecule has 2 aromatic carbocycles. The van der Waals surface area contributed by atoms with Crippen molar-refractivity contribution in [2.75, 3.05) is 0 Å².